The minimum Gasteiger partial charge on any atom is -0.341 e. The van der Waals surface area contributed by atoms with Crippen molar-refractivity contribution in [3.63, 3.8) is 0 Å². The third-order valence-electron chi connectivity index (χ3n) is 6.23. The Morgan fingerprint density at radius 3 is 2.44 bits per heavy atom. The molecule has 0 bridgehead atoms. The minimum absolute atomic E-state index is 0.121. The number of urea groups is 1. The van der Waals surface area contributed by atoms with E-state index in [4.69, 9.17) is 0 Å². The van der Waals surface area contributed by atoms with E-state index in [1.54, 1.807) is 11.8 Å². The average molecular weight is 348 g/mol. The first kappa shape index (κ1) is 16.8. The van der Waals surface area contributed by atoms with Crippen LogP contribution in [-0.2, 0) is 9.59 Å². The fourth-order valence-corrected chi connectivity index (χ4v) is 4.02. The van der Waals surface area contributed by atoms with Crippen LogP contribution in [-0.4, -0.2) is 65.4 Å². The maximum Gasteiger partial charge on any atom is 0.325 e. The molecule has 4 aliphatic rings. The van der Waals surface area contributed by atoms with Crippen LogP contribution < -0.4 is 10.6 Å². The predicted octanol–water partition coefficient (Wildman–Crippen LogP) is 0.698. The summed E-state index contributed by atoms with van der Waals surface area (Å²) >= 11 is 0. The van der Waals surface area contributed by atoms with E-state index in [1.807, 2.05) is 0 Å². The van der Waals surface area contributed by atoms with Gasteiger partial charge in [-0.1, -0.05) is 0 Å². The Morgan fingerprint density at radius 2 is 1.84 bits per heavy atom. The summed E-state index contributed by atoms with van der Waals surface area (Å²) in [5.74, 6) is 0.719. The van der Waals surface area contributed by atoms with Crippen LogP contribution in [0.1, 0.15) is 45.4 Å². The number of piperidine rings is 1. The maximum atomic E-state index is 12.6. The van der Waals surface area contributed by atoms with Crippen molar-refractivity contribution in [2.75, 3.05) is 26.2 Å². The number of hydrogen-bond donors (Lipinski definition) is 2. The van der Waals surface area contributed by atoms with Crippen molar-refractivity contribution < 1.29 is 14.4 Å². The number of carbonyl (C=O) groups is 3. The van der Waals surface area contributed by atoms with Gasteiger partial charge in [-0.05, 0) is 63.8 Å². The Morgan fingerprint density at radius 1 is 1.16 bits per heavy atom. The molecule has 2 aliphatic heterocycles. The molecule has 2 N–H and O–H groups in total. The lowest BCUT2D eigenvalue weighted by molar-refractivity contribution is -0.139. The van der Waals surface area contributed by atoms with Gasteiger partial charge in [0, 0.05) is 19.1 Å². The summed E-state index contributed by atoms with van der Waals surface area (Å²) in [4.78, 5) is 40.2. The molecule has 0 aromatic rings. The topological polar surface area (TPSA) is 81.8 Å². The normalized spacial score (nSPS) is 30.8. The van der Waals surface area contributed by atoms with Crippen molar-refractivity contribution in [3.05, 3.63) is 0 Å². The highest BCUT2D eigenvalue weighted by Gasteiger charge is 2.56. The van der Waals surface area contributed by atoms with Crippen LogP contribution in [0.3, 0.4) is 0 Å². The van der Waals surface area contributed by atoms with Gasteiger partial charge in [-0.2, -0.15) is 0 Å². The number of imide groups is 1. The molecule has 4 fully saturated rings. The summed E-state index contributed by atoms with van der Waals surface area (Å²) in [5.41, 5.74) is -0.808. The summed E-state index contributed by atoms with van der Waals surface area (Å²) in [7, 11) is 0. The number of rotatable bonds is 6. The summed E-state index contributed by atoms with van der Waals surface area (Å²) < 4.78 is 0. The summed E-state index contributed by atoms with van der Waals surface area (Å²) in [5, 5.41) is 6.39. The lowest BCUT2D eigenvalue weighted by Gasteiger charge is -2.33. The van der Waals surface area contributed by atoms with Gasteiger partial charge in [0.15, 0.2) is 0 Å². The fourth-order valence-electron chi connectivity index (χ4n) is 4.02. The first-order chi connectivity index (χ1) is 12.0. The molecule has 7 nitrogen and oxygen atoms in total. The van der Waals surface area contributed by atoms with Gasteiger partial charge in [0.2, 0.25) is 5.91 Å². The first-order valence-corrected chi connectivity index (χ1v) is 9.62. The standard InChI is InChI=1S/C18H28N4O3/c1-18(13-4-5-13)16(24)22(17(25)20-18)11-15(23)21-8-6-14(7-9-21)19-10-12-2-3-12/h12-14,19H,2-11H2,1H3,(H,20,25). The largest absolute Gasteiger partial charge is 0.341 e. The summed E-state index contributed by atoms with van der Waals surface area (Å²) in [6.07, 6.45) is 6.50. The Labute approximate surface area is 148 Å². The van der Waals surface area contributed by atoms with Crippen molar-refractivity contribution in [2.24, 2.45) is 11.8 Å². The molecule has 1 atom stereocenters. The van der Waals surface area contributed by atoms with Gasteiger partial charge in [-0.15, -0.1) is 0 Å². The monoisotopic (exact) mass is 348 g/mol. The van der Waals surface area contributed by atoms with E-state index in [9.17, 15) is 14.4 Å². The zero-order chi connectivity index (χ0) is 17.6. The number of nitrogens with zero attached hydrogens (tertiary/aromatic N) is 2. The highest BCUT2D eigenvalue weighted by molar-refractivity contribution is 6.09. The van der Waals surface area contributed by atoms with Gasteiger partial charge >= 0.3 is 6.03 Å². The lowest BCUT2D eigenvalue weighted by atomic mass is 9.96. The second-order valence-electron chi connectivity index (χ2n) is 8.30. The van der Waals surface area contributed by atoms with Crippen LogP contribution in [0.2, 0.25) is 0 Å². The molecular formula is C18H28N4O3. The predicted molar refractivity (Wildman–Crippen MR) is 91.7 cm³/mol. The van der Waals surface area contributed by atoms with Crippen LogP contribution in [0, 0.1) is 11.8 Å². The molecular weight excluding hydrogens is 320 g/mol. The summed E-state index contributed by atoms with van der Waals surface area (Å²) in [6.45, 7) is 4.15. The van der Waals surface area contributed by atoms with E-state index < -0.39 is 11.6 Å². The molecule has 7 heteroatoms. The van der Waals surface area contributed by atoms with E-state index >= 15 is 0 Å². The molecule has 4 rings (SSSR count). The molecule has 2 aliphatic carbocycles. The van der Waals surface area contributed by atoms with Crippen molar-refractivity contribution in [1.29, 1.82) is 0 Å². The number of nitrogens with one attached hydrogen (secondary N) is 2. The molecule has 0 radical (unpaired) electrons. The zero-order valence-corrected chi connectivity index (χ0v) is 14.9. The molecule has 0 aromatic carbocycles. The van der Waals surface area contributed by atoms with Crippen LogP contribution >= 0.6 is 0 Å². The number of likely N-dealkylation sites (tertiary alicyclic amines) is 1. The van der Waals surface area contributed by atoms with E-state index in [1.165, 1.54) is 12.8 Å². The molecule has 4 amide bonds. The minimum atomic E-state index is -0.808. The van der Waals surface area contributed by atoms with Crippen molar-refractivity contribution in [1.82, 2.24) is 20.4 Å². The van der Waals surface area contributed by atoms with Crippen LogP contribution in [0.15, 0.2) is 0 Å². The first-order valence-electron chi connectivity index (χ1n) is 9.62. The van der Waals surface area contributed by atoms with E-state index in [0.717, 1.165) is 43.0 Å². The molecule has 2 saturated carbocycles. The lowest BCUT2D eigenvalue weighted by Crippen LogP contribution is -2.50. The van der Waals surface area contributed by atoms with Crippen molar-refractivity contribution >= 4 is 17.8 Å². The number of carbonyl (C=O) groups excluding carboxylic acids is 3. The third-order valence-corrected chi connectivity index (χ3v) is 6.23. The molecule has 2 saturated heterocycles. The van der Waals surface area contributed by atoms with Crippen LogP contribution in [0.25, 0.3) is 0 Å². The van der Waals surface area contributed by atoms with E-state index in [0.29, 0.717) is 19.1 Å². The quantitative estimate of drug-likeness (QED) is 0.692. The number of hydrogen-bond acceptors (Lipinski definition) is 4. The maximum absolute atomic E-state index is 12.6. The molecule has 0 spiro atoms. The second-order valence-corrected chi connectivity index (χ2v) is 8.30. The molecule has 0 aromatic heterocycles. The molecule has 2 heterocycles. The Bertz CT molecular complexity index is 579. The van der Waals surface area contributed by atoms with Crippen LogP contribution in [0.5, 0.6) is 0 Å². The second kappa shape index (κ2) is 6.27. The van der Waals surface area contributed by atoms with E-state index in [2.05, 4.69) is 10.6 Å². The van der Waals surface area contributed by atoms with Gasteiger partial charge < -0.3 is 15.5 Å². The smallest absolute Gasteiger partial charge is 0.325 e. The highest BCUT2D eigenvalue weighted by atomic mass is 16.2. The molecule has 138 valence electrons. The van der Waals surface area contributed by atoms with Gasteiger partial charge in [0.05, 0.1) is 0 Å². The van der Waals surface area contributed by atoms with Crippen molar-refractivity contribution in [3.8, 4) is 0 Å². The number of amides is 4. The third kappa shape index (κ3) is 3.38. The zero-order valence-electron chi connectivity index (χ0n) is 14.9. The Hall–Kier alpha value is -1.63. The highest BCUT2D eigenvalue weighted by Crippen LogP contribution is 2.42. The molecule has 25 heavy (non-hydrogen) atoms. The van der Waals surface area contributed by atoms with Gasteiger partial charge in [-0.25, -0.2) is 4.79 Å². The Kier molecular flexibility index (Phi) is 4.22. The van der Waals surface area contributed by atoms with E-state index in [-0.39, 0.29) is 24.3 Å². The Balaban J connectivity index is 1.27. The van der Waals surface area contributed by atoms with Crippen LogP contribution in [0.4, 0.5) is 4.79 Å². The van der Waals surface area contributed by atoms with Gasteiger partial charge in [0.1, 0.15) is 12.1 Å². The summed E-state index contributed by atoms with van der Waals surface area (Å²) in [6, 6.07) is 0.0632. The fraction of sp³-hybridized carbons (Fsp3) is 0.833. The molecule has 1 unspecified atom stereocenters. The SMILES string of the molecule is CC1(C2CC2)NC(=O)N(CC(=O)N2CCC(NCC3CC3)CC2)C1=O. The van der Waals surface area contributed by atoms with Gasteiger partial charge in [0.25, 0.3) is 5.91 Å². The average Bonchev–Trinajstić information content (AvgIpc) is 3.48. The van der Waals surface area contributed by atoms with Crippen molar-refractivity contribution in [2.45, 2.75) is 57.0 Å². The van der Waals surface area contributed by atoms with Gasteiger partial charge in [-0.3, -0.25) is 14.5 Å².